The molecule has 1 heterocycles. The molecule has 0 aliphatic rings. The van der Waals surface area contributed by atoms with Crippen molar-refractivity contribution in [2.45, 2.75) is 6.92 Å². The smallest absolute Gasteiger partial charge is 0.128 e. The Bertz CT molecular complexity index is 988. The van der Waals surface area contributed by atoms with Crippen molar-refractivity contribution < 1.29 is 4.74 Å². The maximum atomic E-state index is 5.98. The van der Waals surface area contributed by atoms with Crippen LogP contribution in [0, 0.1) is 6.92 Å². The second kappa shape index (κ2) is 6.17. The van der Waals surface area contributed by atoms with Gasteiger partial charge in [0, 0.05) is 17.1 Å². The molecule has 4 aromatic rings. The summed E-state index contributed by atoms with van der Waals surface area (Å²) in [7, 11) is 0. The predicted molar refractivity (Wildman–Crippen MR) is 98.4 cm³/mol. The Hall–Kier alpha value is -3.13. The average molecular weight is 311 g/mol. The Morgan fingerprint density at radius 1 is 0.750 bits per heavy atom. The first kappa shape index (κ1) is 14.5. The van der Waals surface area contributed by atoms with E-state index in [0.717, 1.165) is 28.1 Å². The summed E-state index contributed by atoms with van der Waals surface area (Å²) >= 11 is 0. The lowest BCUT2D eigenvalue weighted by molar-refractivity contribution is 0.483. The maximum absolute atomic E-state index is 5.98. The van der Waals surface area contributed by atoms with Crippen LogP contribution in [0.3, 0.4) is 0 Å². The first-order chi connectivity index (χ1) is 11.8. The zero-order chi connectivity index (χ0) is 16.4. The molecule has 0 radical (unpaired) electrons. The van der Waals surface area contributed by atoms with Gasteiger partial charge in [-0.15, -0.1) is 0 Å². The fourth-order valence-corrected chi connectivity index (χ4v) is 2.88. The second-order valence-corrected chi connectivity index (χ2v) is 5.77. The molecular weight excluding hydrogens is 294 g/mol. The summed E-state index contributed by atoms with van der Waals surface area (Å²) < 4.78 is 5.98. The average Bonchev–Trinajstić information content (AvgIpc) is 2.64. The third-order valence-electron chi connectivity index (χ3n) is 4.12. The molecule has 2 heteroatoms. The van der Waals surface area contributed by atoms with Crippen molar-refractivity contribution in [3.63, 3.8) is 0 Å². The van der Waals surface area contributed by atoms with Gasteiger partial charge in [-0.1, -0.05) is 48.5 Å². The molecule has 2 nitrogen and oxygen atoms in total. The van der Waals surface area contributed by atoms with Crippen LogP contribution in [-0.2, 0) is 0 Å². The van der Waals surface area contributed by atoms with E-state index in [1.807, 2.05) is 60.8 Å². The molecule has 1 aromatic heterocycles. The van der Waals surface area contributed by atoms with Crippen LogP contribution in [-0.4, -0.2) is 4.98 Å². The minimum absolute atomic E-state index is 0.816. The number of hydrogen-bond donors (Lipinski definition) is 0. The number of aromatic nitrogens is 1. The van der Waals surface area contributed by atoms with Gasteiger partial charge in [-0.3, -0.25) is 4.98 Å². The molecule has 0 saturated carbocycles. The Morgan fingerprint density at radius 3 is 2.42 bits per heavy atom. The SMILES string of the molecule is Cc1ccc(Oc2ccccc2)cc1-c1nccc2ccccc12. The zero-order valence-corrected chi connectivity index (χ0v) is 13.4. The summed E-state index contributed by atoms with van der Waals surface area (Å²) in [5.41, 5.74) is 3.27. The fraction of sp³-hybridized carbons (Fsp3) is 0.0455. The van der Waals surface area contributed by atoms with Crippen molar-refractivity contribution in [1.82, 2.24) is 4.98 Å². The van der Waals surface area contributed by atoms with E-state index in [2.05, 4.69) is 36.2 Å². The fourth-order valence-electron chi connectivity index (χ4n) is 2.88. The minimum Gasteiger partial charge on any atom is -0.457 e. The van der Waals surface area contributed by atoms with E-state index in [9.17, 15) is 0 Å². The highest BCUT2D eigenvalue weighted by Gasteiger charge is 2.09. The normalized spacial score (nSPS) is 10.7. The summed E-state index contributed by atoms with van der Waals surface area (Å²) in [5, 5.41) is 2.34. The van der Waals surface area contributed by atoms with Crippen molar-refractivity contribution >= 4 is 10.8 Å². The highest BCUT2D eigenvalue weighted by atomic mass is 16.5. The van der Waals surface area contributed by atoms with Gasteiger partial charge in [0.25, 0.3) is 0 Å². The molecule has 0 saturated heterocycles. The quantitative estimate of drug-likeness (QED) is 0.463. The number of aryl methyl sites for hydroxylation is 1. The van der Waals surface area contributed by atoms with Gasteiger partial charge in [0.05, 0.1) is 5.69 Å². The van der Waals surface area contributed by atoms with E-state index in [4.69, 9.17) is 4.74 Å². The summed E-state index contributed by atoms with van der Waals surface area (Å²) in [6.45, 7) is 2.10. The summed E-state index contributed by atoms with van der Waals surface area (Å²) in [5.74, 6) is 1.65. The molecule has 0 atom stereocenters. The number of benzene rings is 3. The standard InChI is InChI=1S/C22H17NO/c1-16-11-12-19(24-18-8-3-2-4-9-18)15-21(16)22-20-10-6-5-7-17(20)13-14-23-22/h2-15H,1H3. The number of pyridine rings is 1. The van der Waals surface area contributed by atoms with Gasteiger partial charge >= 0.3 is 0 Å². The van der Waals surface area contributed by atoms with Gasteiger partial charge in [-0.2, -0.15) is 0 Å². The Balaban J connectivity index is 1.81. The van der Waals surface area contributed by atoms with E-state index in [-0.39, 0.29) is 0 Å². The molecule has 0 amide bonds. The van der Waals surface area contributed by atoms with Crippen LogP contribution in [0.25, 0.3) is 22.0 Å². The summed E-state index contributed by atoms with van der Waals surface area (Å²) in [6, 6.07) is 26.3. The lowest BCUT2D eigenvalue weighted by atomic mass is 10.00. The Labute approximate surface area is 141 Å². The molecule has 4 rings (SSSR count). The lowest BCUT2D eigenvalue weighted by Gasteiger charge is -2.12. The van der Waals surface area contributed by atoms with Gasteiger partial charge in [0.2, 0.25) is 0 Å². The Kier molecular flexibility index (Phi) is 3.72. The molecule has 3 aromatic carbocycles. The number of fused-ring (bicyclic) bond motifs is 1. The highest BCUT2D eigenvalue weighted by molar-refractivity contribution is 5.95. The van der Waals surface area contributed by atoms with Crippen molar-refractivity contribution in [1.29, 1.82) is 0 Å². The minimum atomic E-state index is 0.816. The maximum Gasteiger partial charge on any atom is 0.128 e. The Morgan fingerprint density at radius 2 is 1.54 bits per heavy atom. The predicted octanol–water partition coefficient (Wildman–Crippen LogP) is 6.00. The van der Waals surface area contributed by atoms with Crippen molar-refractivity contribution in [2.24, 2.45) is 0 Å². The number of hydrogen-bond acceptors (Lipinski definition) is 2. The molecule has 0 spiro atoms. The molecule has 0 bridgehead atoms. The number of nitrogens with zero attached hydrogens (tertiary/aromatic N) is 1. The zero-order valence-electron chi connectivity index (χ0n) is 13.4. The van der Waals surface area contributed by atoms with E-state index in [0.29, 0.717) is 0 Å². The molecule has 0 aliphatic carbocycles. The van der Waals surface area contributed by atoms with Crippen LogP contribution in [0.5, 0.6) is 11.5 Å². The van der Waals surface area contributed by atoms with Crippen LogP contribution in [0.1, 0.15) is 5.56 Å². The molecule has 0 unspecified atom stereocenters. The van der Waals surface area contributed by atoms with Crippen molar-refractivity contribution in [3.05, 3.63) is 90.6 Å². The van der Waals surface area contributed by atoms with E-state index in [1.165, 1.54) is 10.9 Å². The van der Waals surface area contributed by atoms with Crippen molar-refractivity contribution in [2.75, 3.05) is 0 Å². The van der Waals surface area contributed by atoms with Gasteiger partial charge in [-0.25, -0.2) is 0 Å². The van der Waals surface area contributed by atoms with Gasteiger partial charge in [0.15, 0.2) is 0 Å². The molecule has 116 valence electrons. The number of rotatable bonds is 3. The van der Waals surface area contributed by atoms with E-state index in [1.54, 1.807) is 0 Å². The molecule has 0 N–H and O–H groups in total. The monoisotopic (exact) mass is 311 g/mol. The molecule has 24 heavy (non-hydrogen) atoms. The third kappa shape index (κ3) is 2.74. The number of ether oxygens (including phenoxy) is 1. The van der Waals surface area contributed by atoms with E-state index >= 15 is 0 Å². The van der Waals surface area contributed by atoms with Gasteiger partial charge in [0.1, 0.15) is 11.5 Å². The molecule has 0 aliphatic heterocycles. The molecular formula is C22H17NO. The largest absolute Gasteiger partial charge is 0.457 e. The van der Waals surface area contributed by atoms with Crippen LogP contribution in [0.2, 0.25) is 0 Å². The van der Waals surface area contributed by atoms with Gasteiger partial charge < -0.3 is 4.74 Å². The van der Waals surface area contributed by atoms with Crippen LogP contribution < -0.4 is 4.74 Å². The number of para-hydroxylation sites is 1. The van der Waals surface area contributed by atoms with Crippen LogP contribution >= 0.6 is 0 Å². The first-order valence-corrected chi connectivity index (χ1v) is 7.99. The van der Waals surface area contributed by atoms with E-state index < -0.39 is 0 Å². The van der Waals surface area contributed by atoms with Crippen LogP contribution in [0.15, 0.2) is 85.1 Å². The van der Waals surface area contributed by atoms with Gasteiger partial charge in [-0.05, 0) is 48.2 Å². The summed E-state index contributed by atoms with van der Waals surface area (Å²) in [4.78, 5) is 4.63. The second-order valence-electron chi connectivity index (χ2n) is 5.77. The molecule has 0 fully saturated rings. The topological polar surface area (TPSA) is 22.1 Å². The highest BCUT2D eigenvalue weighted by Crippen LogP contribution is 2.32. The van der Waals surface area contributed by atoms with Crippen LogP contribution in [0.4, 0.5) is 0 Å². The lowest BCUT2D eigenvalue weighted by Crippen LogP contribution is -1.91. The summed E-state index contributed by atoms with van der Waals surface area (Å²) in [6.07, 6.45) is 1.86. The first-order valence-electron chi connectivity index (χ1n) is 7.99. The third-order valence-corrected chi connectivity index (χ3v) is 4.12. The van der Waals surface area contributed by atoms with Crippen molar-refractivity contribution in [3.8, 4) is 22.8 Å².